The summed E-state index contributed by atoms with van der Waals surface area (Å²) in [6.07, 6.45) is 0.316. The molecule has 1 aromatic carbocycles. The lowest BCUT2D eigenvalue weighted by Gasteiger charge is -2.26. The summed E-state index contributed by atoms with van der Waals surface area (Å²) in [4.78, 5) is 14.9. The predicted molar refractivity (Wildman–Crippen MR) is 65.3 cm³/mol. The van der Waals surface area contributed by atoms with E-state index in [1.165, 1.54) is 5.69 Å². The molecule has 4 heteroatoms. The van der Waals surface area contributed by atoms with Gasteiger partial charge in [-0.25, -0.2) is 4.79 Å². The Labute approximate surface area is 100 Å². The van der Waals surface area contributed by atoms with Crippen molar-refractivity contribution < 1.29 is 9.90 Å². The van der Waals surface area contributed by atoms with E-state index in [4.69, 9.17) is 5.11 Å². The zero-order valence-electron chi connectivity index (χ0n) is 9.62. The van der Waals surface area contributed by atoms with Crippen LogP contribution in [0.1, 0.15) is 6.42 Å². The molecule has 2 aliphatic heterocycles. The van der Waals surface area contributed by atoms with Crippen LogP contribution in [-0.4, -0.2) is 41.8 Å². The number of carboxylic acid groups (broad SMARTS) is 1. The van der Waals surface area contributed by atoms with E-state index in [0.29, 0.717) is 25.0 Å². The van der Waals surface area contributed by atoms with Crippen LogP contribution in [0.3, 0.4) is 0 Å². The summed E-state index contributed by atoms with van der Waals surface area (Å²) < 4.78 is 0. The van der Waals surface area contributed by atoms with Crippen molar-refractivity contribution in [2.45, 2.75) is 12.5 Å². The smallest absolute Gasteiger partial charge is 0.407 e. The highest BCUT2D eigenvalue weighted by Crippen LogP contribution is 2.34. The Balaban J connectivity index is 1.79. The van der Waals surface area contributed by atoms with Gasteiger partial charge in [0.25, 0.3) is 0 Å². The maximum absolute atomic E-state index is 11.0. The van der Waals surface area contributed by atoms with Crippen molar-refractivity contribution in [3.05, 3.63) is 30.3 Å². The first-order valence-electron chi connectivity index (χ1n) is 6.05. The van der Waals surface area contributed by atoms with Crippen LogP contribution in [0.25, 0.3) is 0 Å². The first-order valence-corrected chi connectivity index (χ1v) is 6.05. The van der Waals surface area contributed by atoms with Crippen LogP contribution in [0.5, 0.6) is 0 Å². The molecule has 0 saturated carbocycles. The second-order valence-electron chi connectivity index (χ2n) is 4.83. The second kappa shape index (κ2) is 3.95. The maximum atomic E-state index is 11.0. The summed E-state index contributed by atoms with van der Waals surface area (Å²) in [6, 6.07) is 10.7. The van der Waals surface area contributed by atoms with Crippen molar-refractivity contribution in [3.8, 4) is 0 Å². The minimum absolute atomic E-state index is 0.369. The van der Waals surface area contributed by atoms with Gasteiger partial charge < -0.3 is 14.9 Å². The van der Waals surface area contributed by atoms with E-state index in [1.807, 2.05) is 18.2 Å². The van der Waals surface area contributed by atoms with E-state index in [9.17, 15) is 4.79 Å². The number of hydrogen-bond acceptors (Lipinski definition) is 2. The van der Waals surface area contributed by atoms with Gasteiger partial charge in [-0.05, 0) is 18.6 Å². The molecule has 3 rings (SSSR count). The monoisotopic (exact) mass is 232 g/mol. The fraction of sp³-hybridized carbons (Fsp3) is 0.462. The zero-order chi connectivity index (χ0) is 11.8. The number of fused-ring (bicyclic) bond motifs is 1. The molecule has 2 fully saturated rings. The molecular formula is C13H16N2O2. The third kappa shape index (κ3) is 1.73. The van der Waals surface area contributed by atoms with Crippen LogP contribution < -0.4 is 4.90 Å². The summed E-state index contributed by atoms with van der Waals surface area (Å²) in [5.74, 6) is 0.506. The van der Waals surface area contributed by atoms with E-state index in [2.05, 4.69) is 17.0 Å². The number of carbonyl (C=O) groups is 1. The van der Waals surface area contributed by atoms with E-state index >= 15 is 0 Å². The highest BCUT2D eigenvalue weighted by Gasteiger charge is 2.42. The van der Waals surface area contributed by atoms with Crippen molar-refractivity contribution in [1.29, 1.82) is 0 Å². The molecule has 2 atom stereocenters. The maximum Gasteiger partial charge on any atom is 0.407 e. The third-order valence-electron chi connectivity index (χ3n) is 3.91. The average Bonchev–Trinajstić information content (AvgIpc) is 2.89. The summed E-state index contributed by atoms with van der Waals surface area (Å²) in [5.41, 5.74) is 1.22. The van der Waals surface area contributed by atoms with Crippen LogP contribution in [0.4, 0.5) is 10.5 Å². The van der Waals surface area contributed by atoms with Crippen LogP contribution in [0.2, 0.25) is 0 Å². The van der Waals surface area contributed by atoms with Crippen LogP contribution in [-0.2, 0) is 0 Å². The molecule has 0 radical (unpaired) electrons. The number of benzene rings is 1. The molecule has 0 spiro atoms. The number of para-hydroxylation sites is 1. The van der Waals surface area contributed by atoms with E-state index < -0.39 is 6.09 Å². The van der Waals surface area contributed by atoms with Gasteiger partial charge in [-0.3, -0.25) is 0 Å². The fourth-order valence-corrected chi connectivity index (χ4v) is 3.06. The Morgan fingerprint density at radius 3 is 2.71 bits per heavy atom. The normalized spacial score (nSPS) is 27.3. The molecule has 0 aromatic heterocycles. The molecule has 2 saturated heterocycles. The Bertz CT molecular complexity index is 421. The number of amides is 1. The van der Waals surface area contributed by atoms with Crippen LogP contribution >= 0.6 is 0 Å². The van der Waals surface area contributed by atoms with E-state index in [0.717, 1.165) is 13.0 Å². The second-order valence-corrected chi connectivity index (χ2v) is 4.83. The molecule has 2 aliphatic rings. The Hall–Kier alpha value is -1.71. The molecule has 4 nitrogen and oxygen atoms in total. The lowest BCUT2D eigenvalue weighted by molar-refractivity contribution is 0.153. The molecule has 0 bridgehead atoms. The molecule has 2 unspecified atom stereocenters. The van der Waals surface area contributed by atoms with Gasteiger partial charge in [0, 0.05) is 31.2 Å². The molecule has 17 heavy (non-hydrogen) atoms. The molecule has 1 aromatic rings. The SMILES string of the molecule is O=C(O)N1CC2CCN(c3ccccc3)C2C1. The first kappa shape index (κ1) is 10.4. The summed E-state index contributed by atoms with van der Waals surface area (Å²) in [6.45, 7) is 2.39. The van der Waals surface area contributed by atoms with Gasteiger partial charge >= 0.3 is 6.09 Å². The lowest BCUT2D eigenvalue weighted by atomic mass is 10.1. The van der Waals surface area contributed by atoms with E-state index in [-0.39, 0.29) is 0 Å². The quantitative estimate of drug-likeness (QED) is 0.804. The molecular weight excluding hydrogens is 216 g/mol. The number of anilines is 1. The van der Waals surface area contributed by atoms with Gasteiger partial charge in [0.15, 0.2) is 0 Å². The Morgan fingerprint density at radius 2 is 2.00 bits per heavy atom. The van der Waals surface area contributed by atoms with Gasteiger partial charge in [0.05, 0.1) is 6.04 Å². The summed E-state index contributed by atoms with van der Waals surface area (Å²) in [5, 5.41) is 9.03. The van der Waals surface area contributed by atoms with Gasteiger partial charge in [-0.1, -0.05) is 18.2 Å². The molecule has 0 aliphatic carbocycles. The molecule has 90 valence electrons. The standard InChI is InChI=1S/C13H16N2O2/c16-13(17)14-8-10-6-7-15(12(10)9-14)11-4-2-1-3-5-11/h1-5,10,12H,6-9H2,(H,16,17). The van der Waals surface area contributed by atoms with E-state index in [1.54, 1.807) is 4.90 Å². The Kier molecular flexibility index (Phi) is 2.42. The minimum Gasteiger partial charge on any atom is -0.465 e. The van der Waals surface area contributed by atoms with Gasteiger partial charge in [0.2, 0.25) is 0 Å². The summed E-state index contributed by atoms with van der Waals surface area (Å²) >= 11 is 0. The largest absolute Gasteiger partial charge is 0.465 e. The first-order chi connectivity index (χ1) is 8.25. The zero-order valence-corrected chi connectivity index (χ0v) is 9.62. The topological polar surface area (TPSA) is 43.8 Å². The number of rotatable bonds is 1. The van der Waals surface area contributed by atoms with Crippen molar-refractivity contribution in [2.24, 2.45) is 5.92 Å². The van der Waals surface area contributed by atoms with Crippen LogP contribution in [0, 0.1) is 5.92 Å². The predicted octanol–water partition coefficient (Wildman–Crippen LogP) is 1.88. The van der Waals surface area contributed by atoms with Crippen molar-refractivity contribution in [2.75, 3.05) is 24.5 Å². The van der Waals surface area contributed by atoms with Crippen molar-refractivity contribution in [1.82, 2.24) is 4.90 Å². The number of nitrogens with zero attached hydrogens (tertiary/aromatic N) is 2. The lowest BCUT2D eigenvalue weighted by Crippen LogP contribution is -2.36. The molecule has 1 N–H and O–H groups in total. The van der Waals surface area contributed by atoms with Crippen molar-refractivity contribution >= 4 is 11.8 Å². The summed E-state index contributed by atoms with van der Waals surface area (Å²) in [7, 11) is 0. The Morgan fingerprint density at radius 1 is 1.24 bits per heavy atom. The number of likely N-dealkylation sites (tertiary alicyclic amines) is 1. The number of hydrogen-bond donors (Lipinski definition) is 1. The molecule has 1 amide bonds. The molecule has 2 heterocycles. The van der Waals surface area contributed by atoms with Crippen LogP contribution in [0.15, 0.2) is 30.3 Å². The highest BCUT2D eigenvalue weighted by atomic mass is 16.4. The van der Waals surface area contributed by atoms with Gasteiger partial charge in [-0.15, -0.1) is 0 Å². The fourth-order valence-electron chi connectivity index (χ4n) is 3.06. The minimum atomic E-state index is -0.785. The third-order valence-corrected chi connectivity index (χ3v) is 3.91. The average molecular weight is 232 g/mol. The van der Waals surface area contributed by atoms with Gasteiger partial charge in [0.1, 0.15) is 0 Å². The van der Waals surface area contributed by atoms with Gasteiger partial charge in [-0.2, -0.15) is 0 Å². The van der Waals surface area contributed by atoms with Crippen molar-refractivity contribution in [3.63, 3.8) is 0 Å². The highest BCUT2D eigenvalue weighted by molar-refractivity contribution is 5.66.